The molecule has 0 aromatic carbocycles. The van der Waals surface area contributed by atoms with Crippen molar-refractivity contribution < 1.29 is 18.0 Å². The third kappa shape index (κ3) is 3.55. The first kappa shape index (κ1) is 19.0. The molecule has 5 nitrogen and oxygen atoms in total. The van der Waals surface area contributed by atoms with Crippen molar-refractivity contribution in [1.82, 2.24) is 15.1 Å². The van der Waals surface area contributed by atoms with Gasteiger partial charge in [-0.05, 0) is 24.8 Å². The van der Waals surface area contributed by atoms with Crippen molar-refractivity contribution in [3.8, 4) is 0 Å². The van der Waals surface area contributed by atoms with E-state index in [1.807, 2.05) is 6.92 Å². The van der Waals surface area contributed by atoms with Gasteiger partial charge in [-0.3, -0.25) is 4.79 Å². The third-order valence-electron chi connectivity index (χ3n) is 4.39. The monoisotopic (exact) mass is 406 g/mol. The van der Waals surface area contributed by atoms with Gasteiger partial charge in [0.25, 0.3) is 5.91 Å². The Balaban J connectivity index is 2.00. The zero-order valence-electron chi connectivity index (χ0n) is 14.1. The molecule has 0 spiro atoms. The molecule has 0 saturated carbocycles. The van der Waals surface area contributed by atoms with Gasteiger partial charge in [-0.25, -0.2) is 4.68 Å². The normalized spacial score (nSPS) is 21.0. The summed E-state index contributed by atoms with van der Waals surface area (Å²) in [6, 6.07) is 1.01. The molecule has 1 aliphatic rings. The average molecular weight is 407 g/mol. The van der Waals surface area contributed by atoms with Gasteiger partial charge in [-0.2, -0.15) is 18.3 Å². The number of fused-ring (bicyclic) bond motifs is 1. The number of anilines is 1. The summed E-state index contributed by atoms with van der Waals surface area (Å²) in [7, 11) is 0. The highest BCUT2D eigenvalue weighted by molar-refractivity contribution is 7.10. The molecular weight excluding hydrogens is 389 g/mol. The number of aromatic nitrogens is 2. The number of thiophene rings is 1. The summed E-state index contributed by atoms with van der Waals surface area (Å²) in [6.45, 7) is 3.68. The van der Waals surface area contributed by atoms with Gasteiger partial charge in [0.05, 0.1) is 6.04 Å². The largest absolute Gasteiger partial charge is 0.410 e. The molecule has 0 fully saturated rings. The molecule has 0 bridgehead atoms. The number of nitrogens with zero attached hydrogens (tertiary/aromatic N) is 2. The van der Waals surface area contributed by atoms with Gasteiger partial charge in [0, 0.05) is 17.3 Å². The fourth-order valence-corrected chi connectivity index (χ4v) is 3.86. The van der Waals surface area contributed by atoms with E-state index >= 15 is 0 Å². The lowest BCUT2D eigenvalue weighted by Gasteiger charge is -2.32. The quantitative estimate of drug-likeness (QED) is 0.767. The fourth-order valence-electron chi connectivity index (χ4n) is 2.80. The minimum atomic E-state index is -4.51. The molecular formula is C16H18ClF3N4OS. The van der Waals surface area contributed by atoms with Crippen LogP contribution in [-0.2, 0) is 0 Å². The first-order valence-corrected chi connectivity index (χ1v) is 9.43. The van der Waals surface area contributed by atoms with E-state index in [2.05, 4.69) is 15.7 Å². The predicted molar refractivity (Wildman–Crippen MR) is 94.8 cm³/mol. The van der Waals surface area contributed by atoms with Crippen LogP contribution in [0.3, 0.4) is 0 Å². The van der Waals surface area contributed by atoms with E-state index in [9.17, 15) is 18.0 Å². The number of halogens is 4. The van der Waals surface area contributed by atoms with Gasteiger partial charge in [0.2, 0.25) is 0 Å². The third-order valence-corrected chi connectivity index (χ3v) is 5.73. The first-order valence-electron chi connectivity index (χ1n) is 8.17. The van der Waals surface area contributed by atoms with Crippen LogP contribution >= 0.6 is 22.9 Å². The van der Waals surface area contributed by atoms with Gasteiger partial charge < -0.3 is 10.6 Å². The van der Waals surface area contributed by atoms with E-state index in [0.29, 0.717) is 6.42 Å². The highest BCUT2D eigenvalue weighted by Crippen LogP contribution is 2.46. The minimum absolute atomic E-state index is 0.0212. The number of carbonyl (C=O) groups is 1. The summed E-state index contributed by atoms with van der Waals surface area (Å²) in [5, 5.41) is 11.3. The molecule has 0 unspecified atom stereocenters. The lowest BCUT2D eigenvalue weighted by Crippen LogP contribution is -2.36. The number of hydrogen-bond acceptors (Lipinski definition) is 4. The lowest BCUT2D eigenvalue weighted by molar-refractivity contribution is -0.173. The fraction of sp³-hybridized carbons (Fsp3) is 0.500. The standard InChI is InChI=1S/C16H18ClF3N4OS/c1-3-8(2)21-15(25)13-12(17)14-22-9(10-5-4-6-26-10)7-11(16(18,19)20)24(14)23-13/h4-6,8-9,11,22H,3,7H2,1-2H3,(H,21,25)/t8-,9+,11+/m1/s1. The number of rotatable bonds is 4. The molecule has 3 rings (SSSR count). The van der Waals surface area contributed by atoms with E-state index < -0.39 is 24.2 Å². The highest BCUT2D eigenvalue weighted by atomic mass is 35.5. The molecule has 2 N–H and O–H groups in total. The van der Waals surface area contributed by atoms with E-state index in [0.717, 1.165) is 9.56 Å². The molecule has 2 aromatic heterocycles. The molecule has 26 heavy (non-hydrogen) atoms. The lowest BCUT2D eigenvalue weighted by atomic mass is 10.0. The molecule has 0 saturated heterocycles. The van der Waals surface area contributed by atoms with Crippen molar-refractivity contribution in [2.75, 3.05) is 5.32 Å². The molecule has 1 amide bonds. The molecule has 1 aliphatic heterocycles. The molecule has 0 radical (unpaired) electrons. The number of nitrogens with one attached hydrogen (secondary N) is 2. The Labute approximate surface area is 157 Å². The second-order valence-corrected chi connectivity index (χ2v) is 7.60. The Bertz CT molecular complexity index is 790. The maximum atomic E-state index is 13.6. The van der Waals surface area contributed by atoms with Crippen LogP contribution < -0.4 is 10.6 Å². The number of hydrogen-bond donors (Lipinski definition) is 2. The van der Waals surface area contributed by atoms with Crippen LogP contribution in [0.5, 0.6) is 0 Å². The second-order valence-electron chi connectivity index (χ2n) is 6.24. The minimum Gasteiger partial charge on any atom is -0.361 e. The zero-order valence-corrected chi connectivity index (χ0v) is 15.7. The van der Waals surface area contributed by atoms with Gasteiger partial charge in [0.15, 0.2) is 11.7 Å². The van der Waals surface area contributed by atoms with Gasteiger partial charge in [-0.15, -0.1) is 11.3 Å². The van der Waals surface area contributed by atoms with Crippen molar-refractivity contribution in [3.05, 3.63) is 33.1 Å². The maximum absolute atomic E-state index is 13.6. The van der Waals surface area contributed by atoms with Gasteiger partial charge in [0.1, 0.15) is 10.8 Å². The SMILES string of the molecule is CC[C@@H](C)NC(=O)c1nn2c(c1Cl)N[C@H](c1cccs1)C[C@H]2C(F)(F)F. The van der Waals surface area contributed by atoms with E-state index in [1.54, 1.807) is 24.4 Å². The number of alkyl halides is 3. The van der Waals surface area contributed by atoms with Gasteiger partial charge in [-0.1, -0.05) is 24.6 Å². The van der Waals surface area contributed by atoms with Crippen LogP contribution in [0.4, 0.5) is 19.0 Å². The van der Waals surface area contributed by atoms with E-state index in [1.165, 1.54) is 11.3 Å². The number of amides is 1. The van der Waals surface area contributed by atoms with Crippen LogP contribution in [0.1, 0.15) is 54.1 Å². The zero-order chi connectivity index (χ0) is 19.1. The summed E-state index contributed by atoms with van der Waals surface area (Å²) in [4.78, 5) is 13.1. The Kier molecular flexibility index (Phi) is 5.21. The maximum Gasteiger partial charge on any atom is 0.410 e. The summed E-state index contributed by atoms with van der Waals surface area (Å²) < 4.78 is 41.6. The smallest absolute Gasteiger partial charge is 0.361 e. The Morgan fingerprint density at radius 2 is 2.31 bits per heavy atom. The summed E-state index contributed by atoms with van der Waals surface area (Å²) >= 11 is 7.60. The molecule has 10 heteroatoms. The molecule has 3 heterocycles. The van der Waals surface area contributed by atoms with Crippen LogP contribution in [0.2, 0.25) is 5.02 Å². The highest BCUT2D eigenvalue weighted by Gasteiger charge is 2.48. The van der Waals surface area contributed by atoms with Crippen LogP contribution in [0.15, 0.2) is 17.5 Å². The van der Waals surface area contributed by atoms with E-state index in [-0.39, 0.29) is 29.0 Å². The van der Waals surface area contributed by atoms with Crippen molar-refractivity contribution in [3.63, 3.8) is 0 Å². The summed E-state index contributed by atoms with van der Waals surface area (Å²) in [5.74, 6) is -0.561. The van der Waals surface area contributed by atoms with Crippen LogP contribution in [0.25, 0.3) is 0 Å². The van der Waals surface area contributed by atoms with Crippen LogP contribution in [-0.4, -0.2) is 27.9 Å². The topological polar surface area (TPSA) is 59.0 Å². The first-order chi connectivity index (χ1) is 12.2. The van der Waals surface area contributed by atoms with Crippen molar-refractivity contribution in [2.24, 2.45) is 0 Å². The van der Waals surface area contributed by atoms with Gasteiger partial charge >= 0.3 is 6.18 Å². The molecule has 3 atom stereocenters. The molecule has 2 aromatic rings. The predicted octanol–water partition coefficient (Wildman–Crippen LogP) is 4.79. The molecule has 0 aliphatic carbocycles. The average Bonchev–Trinajstić information content (AvgIpc) is 3.21. The van der Waals surface area contributed by atoms with E-state index in [4.69, 9.17) is 11.6 Å². The van der Waals surface area contributed by atoms with Crippen LogP contribution in [0, 0.1) is 0 Å². The summed E-state index contributed by atoms with van der Waals surface area (Å²) in [6.07, 6.45) is -4.05. The number of carbonyl (C=O) groups excluding carboxylic acids is 1. The summed E-state index contributed by atoms with van der Waals surface area (Å²) in [5.41, 5.74) is -0.199. The van der Waals surface area contributed by atoms with Crippen molar-refractivity contribution >= 4 is 34.7 Å². The Morgan fingerprint density at radius 3 is 2.88 bits per heavy atom. The van der Waals surface area contributed by atoms with Crippen molar-refractivity contribution in [1.29, 1.82) is 0 Å². The molecule has 142 valence electrons. The second kappa shape index (κ2) is 7.11. The van der Waals surface area contributed by atoms with Crippen molar-refractivity contribution in [2.45, 2.75) is 51.0 Å². The Morgan fingerprint density at radius 1 is 1.58 bits per heavy atom. The Hall–Kier alpha value is -1.74.